The number of aromatic nitrogens is 6. The monoisotopic (exact) mass is 362 g/mol. The SMILES string of the molecule is CN(C)C(=O)Cn1cc(Nc2cc(-c3ccccc3)nc3ncnn23)cn1. The first-order valence-electron chi connectivity index (χ1n) is 8.36. The summed E-state index contributed by atoms with van der Waals surface area (Å²) in [5, 5.41) is 11.7. The lowest BCUT2D eigenvalue weighted by molar-refractivity contribution is -0.129. The summed E-state index contributed by atoms with van der Waals surface area (Å²) in [7, 11) is 3.43. The van der Waals surface area contributed by atoms with Crippen LogP contribution in [0.4, 0.5) is 11.5 Å². The fourth-order valence-corrected chi connectivity index (χ4v) is 2.60. The number of carbonyl (C=O) groups excluding carboxylic acids is 1. The number of anilines is 2. The highest BCUT2D eigenvalue weighted by molar-refractivity contribution is 5.75. The van der Waals surface area contributed by atoms with Crippen LogP contribution >= 0.6 is 0 Å². The molecule has 3 heterocycles. The Labute approximate surface area is 155 Å². The van der Waals surface area contributed by atoms with Gasteiger partial charge in [-0.15, -0.1) is 0 Å². The van der Waals surface area contributed by atoms with Crippen molar-refractivity contribution in [1.29, 1.82) is 0 Å². The lowest BCUT2D eigenvalue weighted by Crippen LogP contribution is -2.26. The third-order valence-electron chi connectivity index (χ3n) is 4.02. The van der Waals surface area contributed by atoms with Gasteiger partial charge >= 0.3 is 0 Å². The first kappa shape index (κ1) is 16.7. The third-order valence-corrected chi connectivity index (χ3v) is 4.02. The fourth-order valence-electron chi connectivity index (χ4n) is 2.60. The van der Waals surface area contributed by atoms with Crippen LogP contribution in [0.2, 0.25) is 0 Å². The Morgan fingerprint density at radius 3 is 2.78 bits per heavy atom. The lowest BCUT2D eigenvalue weighted by atomic mass is 10.1. The van der Waals surface area contributed by atoms with Gasteiger partial charge < -0.3 is 10.2 Å². The van der Waals surface area contributed by atoms with Gasteiger partial charge in [0.25, 0.3) is 5.78 Å². The molecule has 0 bridgehead atoms. The van der Waals surface area contributed by atoms with Crippen LogP contribution in [0, 0.1) is 0 Å². The molecule has 4 rings (SSSR count). The van der Waals surface area contributed by atoms with Crippen LogP contribution in [0.15, 0.2) is 55.1 Å². The highest BCUT2D eigenvalue weighted by atomic mass is 16.2. The molecule has 0 aliphatic carbocycles. The number of nitrogens with one attached hydrogen (secondary N) is 1. The summed E-state index contributed by atoms with van der Waals surface area (Å²) < 4.78 is 3.21. The number of rotatable bonds is 5. The quantitative estimate of drug-likeness (QED) is 0.582. The summed E-state index contributed by atoms with van der Waals surface area (Å²) in [5.74, 6) is 1.17. The van der Waals surface area contributed by atoms with Crippen LogP contribution < -0.4 is 5.32 Å². The standard InChI is InChI=1S/C18H18N8O/c1-24(2)17(27)11-25-10-14(9-20-25)22-16-8-15(13-6-4-3-5-7-13)23-18-19-12-21-26(16)18/h3-10,12,22H,11H2,1-2H3. The topological polar surface area (TPSA) is 93.2 Å². The van der Waals surface area contributed by atoms with Gasteiger partial charge in [-0.1, -0.05) is 30.3 Å². The van der Waals surface area contributed by atoms with E-state index in [0.29, 0.717) is 11.6 Å². The maximum Gasteiger partial charge on any atom is 0.254 e. The van der Waals surface area contributed by atoms with Crippen molar-refractivity contribution in [3.8, 4) is 11.3 Å². The van der Waals surface area contributed by atoms with Crippen molar-refractivity contribution in [1.82, 2.24) is 34.3 Å². The van der Waals surface area contributed by atoms with Crippen LogP contribution in [0.3, 0.4) is 0 Å². The van der Waals surface area contributed by atoms with Crippen molar-refractivity contribution in [3.05, 3.63) is 55.1 Å². The summed E-state index contributed by atoms with van der Waals surface area (Å²) in [6, 6.07) is 11.8. The average molecular weight is 362 g/mol. The molecule has 0 saturated heterocycles. The molecular weight excluding hydrogens is 344 g/mol. The molecule has 0 saturated carbocycles. The normalized spacial score (nSPS) is 10.9. The number of hydrogen-bond donors (Lipinski definition) is 1. The Kier molecular flexibility index (Phi) is 4.25. The zero-order valence-electron chi connectivity index (χ0n) is 14.9. The summed E-state index contributed by atoms with van der Waals surface area (Å²) in [6.07, 6.45) is 4.89. The number of fused-ring (bicyclic) bond motifs is 1. The number of hydrogen-bond acceptors (Lipinski definition) is 6. The zero-order chi connectivity index (χ0) is 18.8. The molecule has 3 aromatic heterocycles. The maximum absolute atomic E-state index is 11.8. The van der Waals surface area contributed by atoms with Crippen molar-refractivity contribution in [2.75, 3.05) is 19.4 Å². The minimum atomic E-state index is -0.0291. The van der Waals surface area contributed by atoms with Crippen molar-refractivity contribution >= 4 is 23.2 Å². The van der Waals surface area contributed by atoms with E-state index in [2.05, 4.69) is 25.5 Å². The van der Waals surface area contributed by atoms with Crippen LogP contribution in [0.1, 0.15) is 0 Å². The largest absolute Gasteiger partial charge is 0.347 e. The van der Waals surface area contributed by atoms with Crippen molar-refractivity contribution in [3.63, 3.8) is 0 Å². The Morgan fingerprint density at radius 1 is 1.19 bits per heavy atom. The van der Waals surface area contributed by atoms with Gasteiger partial charge in [0, 0.05) is 31.9 Å². The van der Waals surface area contributed by atoms with E-state index < -0.39 is 0 Å². The predicted octanol–water partition coefficient (Wildman–Crippen LogP) is 1.82. The summed E-state index contributed by atoms with van der Waals surface area (Å²) in [5.41, 5.74) is 2.51. The zero-order valence-corrected chi connectivity index (χ0v) is 14.9. The molecule has 0 aliphatic rings. The number of amides is 1. The van der Waals surface area contributed by atoms with E-state index in [1.165, 1.54) is 11.2 Å². The van der Waals surface area contributed by atoms with Gasteiger partial charge in [0.15, 0.2) is 0 Å². The van der Waals surface area contributed by atoms with E-state index in [4.69, 9.17) is 0 Å². The molecular formula is C18H18N8O. The molecule has 9 nitrogen and oxygen atoms in total. The number of carbonyl (C=O) groups is 1. The first-order valence-corrected chi connectivity index (χ1v) is 8.36. The van der Waals surface area contributed by atoms with Crippen molar-refractivity contribution in [2.45, 2.75) is 6.54 Å². The van der Waals surface area contributed by atoms with Gasteiger partial charge in [-0.2, -0.15) is 19.7 Å². The molecule has 0 fully saturated rings. The van der Waals surface area contributed by atoms with Gasteiger partial charge in [0.1, 0.15) is 18.7 Å². The molecule has 1 aromatic carbocycles. The van der Waals surface area contributed by atoms with Crippen molar-refractivity contribution in [2.24, 2.45) is 0 Å². The average Bonchev–Trinajstić information content (AvgIpc) is 3.31. The minimum Gasteiger partial charge on any atom is -0.347 e. The summed E-state index contributed by atoms with van der Waals surface area (Å²) in [6.45, 7) is 0.180. The molecule has 0 atom stereocenters. The van der Waals surface area contributed by atoms with E-state index in [0.717, 1.165) is 16.9 Å². The number of nitrogens with zero attached hydrogens (tertiary/aromatic N) is 7. The van der Waals surface area contributed by atoms with Crippen LogP contribution in [-0.4, -0.2) is 54.3 Å². The van der Waals surface area contributed by atoms with Gasteiger partial charge in [-0.25, -0.2) is 4.98 Å². The fraction of sp³-hybridized carbons (Fsp3) is 0.167. The Morgan fingerprint density at radius 2 is 2.00 bits per heavy atom. The highest BCUT2D eigenvalue weighted by Gasteiger charge is 2.11. The number of likely N-dealkylation sites (N-methyl/N-ethyl adjacent to an activating group) is 1. The first-order chi connectivity index (χ1) is 13.1. The van der Waals surface area contributed by atoms with Gasteiger partial charge in [-0.3, -0.25) is 9.48 Å². The van der Waals surface area contributed by atoms with Gasteiger partial charge in [-0.05, 0) is 0 Å². The molecule has 0 aliphatic heterocycles. The summed E-state index contributed by atoms with van der Waals surface area (Å²) in [4.78, 5) is 22.1. The van der Waals surface area contributed by atoms with E-state index in [1.54, 1.807) is 35.7 Å². The predicted molar refractivity (Wildman–Crippen MR) is 100 cm³/mol. The molecule has 27 heavy (non-hydrogen) atoms. The second-order valence-electron chi connectivity index (χ2n) is 6.20. The third kappa shape index (κ3) is 3.47. The second-order valence-corrected chi connectivity index (χ2v) is 6.20. The molecule has 9 heteroatoms. The summed E-state index contributed by atoms with van der Waals surface area (Å²) >= 11 is 0. The molecule has 136 valence electrons. The smallest absolute Gasteiger partial charge is 0.254 e. The molecule has 0 radical (unpaired) electrons. The van der Waals surface area contributed by atoms with Gasteiger partial charge in [0.2, 0.25) is 5.91 Å². The van der Waals surface area contributed by atoms with E-state index >= 15 is 0 Å². The van der Waals surface area contributed by atoms with Crippen LogP contribution in [-0.2, 0) is 11.3 Å². The highest BCUT2D eigenvalue weighted by Crippen LogP contribution is 2.23. The van der Waals surface area contributed by atoms with Crippen LogP contribution in [0.25, 0.3) is 17.0 Å². The number of benzene rings is 1. The van der Waals surface area contributed by atoms with E-state index in [-0.39, 0.29) is 12.5 Å². The lowest BCUT2D eigenvalue weighted by Gasteiger charge is -2.10. The molecule has 1 amide bonds. The Hall–Kier alpha value is -3.75. The van der Waals surface area contributed by atoms with E-state index in [1.807, 2.05) is 36.4 Å². The Balaban J connectivity index is 1.65. The second kappa shape index (κ2) is 6.87. The molecule has 0 spiro atoms. The minimum absolute atomic E-state index is 0.0291. The molecule has 1 N–H and O–H groups in total. The molecule has 4 aromatic rings. The Bertz CT molecular complexity index is 1080. The van der Waals surface area contributed by atoms with E-state index in [9.17, 15) is 4.79 Å². The van der Waals surface area contributed by atoms with Gasteiger partial charge in [0.05, 0.1) is 17.6 Å². The maximum atomic E-state index is 11.8. The van der Waals surface area contributed by atoms with Crippen molar-refractivity contribution < 1.29 is 4.79 Å². The van der Waals surface area contributed by atoms with Crippen LogP contribution in [0.5, 0.6) is 0 Å². The molecule has 0 unspecified atom stereocenters.